The Kier molecular flexibility index (Phi) is 6.90. The van der Waals surface area contributed by atoms with Crippen LogP contribution in [0.15, 0.2) is 90.0 Å². The van der Waals surface area contributed by atoms with Crippen molar-refractivity contribution in [2.45, 2.75) is 30.5 Å². The van der Waals surface area contributed by atoms with E-state index in [9.17, 15) is 14.6 Å². The van der Waals surface area contributed by atoms with Crippen LogP contribution in [0.2, 0.25) is 0 Å². The van der Waals surface area contributed by atoms with Gasteiger partial charge in [-0.1, -0.05) is 66.7 Å². The standard InChI is InChI=1S/C29H26N5O7PS/c30-28-32-26-25(27(35)33-28)31-16-34(26)24-14-22(41-42(36,37)43)23(40-24)15-38-29(17-8-2-1-3-9-17)18-10-4-6-12-20(18)39-21-13-7-5-11-19(21)29/h1-13,16,22-24H,14-15H2,(H2,36,37,43)(H3,30,32,33,35)/t22-,23+,24+/m0/s1. The summed E-state index contributed by atoms with van der Waals surface area (Å²) >= 11 is 4.83. The maximum absolute atomic E-state index is 12.4. The molecule has 0 amide bonds. The van der Waals surface area contributed by atoms with Crippen molar-refractivity contribution < 1.29 is 28.5 Å². The summed E-state index contributed by atoms with van der Waals surface area (Å²) in [4.78, 5) is 43.4. The largest absolute Gasteiger partial charge is 0.457 e. The number of ether oxygens (including phenoxy) is 3. The zero-order chi connectivity index (χ0) is 29.8. The summed E-state index contributed by atoms with van der Waals surface area (Å²) in [7, 11) is 0. The van der Waals surface area contributed by atoms with Crippen molar-refractivity contribution in [3.05, 3.63) is 112 Å². The van der Waals surface area contributed by atoms with E-state index in [1.165, 1.54) is 6.33 Å². The highest BCUT2D eigenvalue weighted by Gasteiger charge is 2.47. The second-order valence-electron chi connectivity index (χ2n) is 10.2. The third-order valence-electron chi connectivity index (χ3n) is 7.61. The van der Waals surface area contributed by atoms with Gasteiger partial charge in [-0.15, -0.1) is 0 Å². The van der Waals surface area contributed by atoms with Gasteiger partial charge in [0.05, 0.1) is 19.0 Å². The molecule has 0 unspecified atom stereocenters. The topological polar surface area (TPSA) is 167 Å². The van der Waals surface area contributed by atoms with Crippen LogP contribution < -0.4 is 16.0 Å². The van der Waals surface area contributed by atoms with Gasteiger partial charge in [0.1, 0.15) is 23.8 Å². The van der Waals surface area contributed by atoms with Crippen LogP contribution >= 0.6 is 6.72 Å². The summed E-state index contributed by atoms with van der Waals surface area (Å²) in [5, 5.41) is 0. The Labute approximate surface area is 249 Å². The molecule has 2 aromatic heterocycles. The van der Waals surface area contributed by atoms with Crippen LogP contribution in [0.5, 0.6) is 11.5 Å². The maximum atomic E-state index is 12.4. The number of anilines is 1. The molecular weight excluding hydrogens is 593 g/mol. The number of nitrogens with two attached hydrogens (primary N) is 1. The molecular formula is C29H26N5O7PS. The first kappa shape index (κ1) is 27.9. The quantitative estimate of drug-likeness (QED) is 0.196. The Morgan fingerprint density at radius 3 is 2.37 bits per heavy atom. The van der Waals surface area contributed by atoms with Gasteiger partial charge < -0.3 is 34.3 Å². The van der Waals surface area contributed by atoms with Crippen molar-refractivity contribution in [3.63, 3.8) is 0 Å². The number of nitrogens with one attached hydrogen (secondary N) is 1. The van der Waals surface area contributed by atoms with Crippen molar-refractivity contribution >= 4 is 35.6 Å². The number of fused-ring (bicyclic) bond motifs is 3. The Bertz CT molecular complexity index is 1880. The zero-order valence-corrected chi connectivity index (χ0v) is 24.2. The Balaban J connectivity index is 1.30. The minimum absolute atomic E-state index is 0.0448. The Morgan fingerprint density at radius 1 is 1.05 bits per heavy atom. The highest BCUT2D eigenvalue weighted by atomic mass is 32.5. The lowest BCUT2D eigenvalue weighted by Gasteiger charge is -2.41. The second kappa shape index (κ2) is 10.6. The number of nitrogens with zero attached hydrogens (tertiary/aromatic N) is 3. The SMILES string of the molecule is Nc1nc2c(ncn2[C@H]2C[C@H](OP(O)(O)=S)[C@@H](COC3(c4ccccc4)c4ccccc4Oc4ccccc43)O2)c(=O)[nH]1. The average Bonchev–Trinajstić information content (AvgIpc) is 3.58. The fraction of sp³-hybridized carbons (Fsp3) is 0.207. The molecule has 43 heavy (non-hydrogen) atoms. The van der Waals surface area contributed by atoms with Crippen LogP contribution in [0, 0.1) is 0 Å². The summed E-state index contributed by atoms with van der Waals surface area (Å²) in [5.74, 6) is 1.21. The molecule has 3 aromatic carbocycles. The molecule has 0 aliphatic carbocycles. The van der Waals surface area contributed by atoms with Crippen molar-refractivity contribution in [2.75, 3.05) is 12.3 Å². The molecule has 0 radical (unpaired) electrons. The van der Waals surface area contributed by atoms with Crippen molar-refractivity contribution in [1.29, 1.82) is 0 Å². The van der Waals surface area contributed by atoms with Crippen molar-refractivity contribution in [3.8, 4) is 11.5 Å². The normalized spacial score (nSPS) is 20.8. The number of benzene rings is 3. The fourth-order valence-electron chi connectivity index (χ4n) is 5.85. The molecule has 4 heterocycles. The lowest BCUT2D eigenvalue weighted by Crippen LogP contribution is -2.40. The molecule has 12 nitrogen and oxygen atoms in total. The Morgan fingerprint density at radius 2 is 1.70 bits per heavy atom. The van der Waals surface area contributed by atoms with Crippen molar-refractivity contribution in [2.24, 2.45) is 0 Å². The van der Waals surface area contributed by atoms with E-state index in [0.717, 1.165) is 16.7 Å². The molecule has 220 valence electrons. The number of hydrogen-bond acceptors (Lipinski definition) is 9. The van der Waals surface area contributed by atoms with Gasteiger partial charge in [0.15, 0.2) is 16.8 Å². The number of aromatic amines is 1. The van der Waals surface area contributed by atoms with E-state index in [2.05, 4.69) is 15.0 Å². The summed E-state index contributed by atoms with van der Waals surface area (Å²) in [6.45, 7) is -4.14. The van der Waals surface area contributed by atoms with Crippen LogP contribution in [0.1, 0.15) is 29.3 Å². The smallest absolute Gasteiger partial charge is 0.322 e. The lowest BCUT2D eigenvalue weighted by molar-refractivity contribution is -0.0928. The van der Waals surface area contributed by atoms with E-state index in [-0.39, 0.29) is 30.1 Å². The second-order valence-corrected chi connectivity index (χ2v) is 12.8. The number of imidazole rings is 1. The molecule has 0 spiro atoms. The van der Waals surface area contributed by atoms with Gasteiger partial charge in [0, 0.05) is 17.5 Å². The van der Waals surface area contributed by atoms with E-state index in [4.69, 9.17) is 36.3 Å². The number of para-hydroxylation sites is 2. The van der Waals surface area contributed by atoms with Crippen LogP contribution in [0.25, 0.3) is 11.2 Å². The third-order valence-corrected chi connectivity index (χ3v) is 8.41. The van der Waals surface area contributed by atoms with Crippen LogP contribution in [0.3, 0.4) is 0 Å². The number of aromatic nitrogens is 4. The maximum Gasteiger partial charge on any atom is 0.322 e. The molecule has 1 fully saturated rings. The minimum Gasteiger partial charge on any atom is -0.457 e. The molecule has 2 aliphatic rings. The first-order chi connectivity index (χ1) is 20.7. The number of hydrogen-bond donors (Lipinski definition) is 4. The van der Waals surface area contributed by atoms with Crippen LogP contribution in [0.4, 0.5) is 5.95 Å². The number of nitrogen functional groups attached to an aromatic ring is 1. The third kappa shape index (κ3) is 4.94. The molecule has 1 saturated heterocycles. The molecule has 7 rings (SSSR count). The summed E-state index contributed by atoms with van der Waals surface area (Å²) in [6.07, 6.45) is -0.878. The van der Waals surface area contributed by atoms with Gasteiger partial charge in [-0.05, 0) is 29.5 Å². The molecule has 5 N–H and O–H groups in total. The van der Waals surface area contributed by atoms with E-state index in [1.54, 1.807) is 4.57 Å². The minimum atomic E-state index is -4.09. The van der Waals surface area contributed by atoms with Crippen molar-refractivity contribution in [1.82, 2.24) is 19.5 Å². The van der Waals surface area contributed by atoms with Gasteiger partial charge >= 0.3 is 6.72 Å². The molecule has 14 heteroatoms. The molecule has 0 saturated carbocycles. The highest BCUT2D eigenvalue weighted by molar-refractivity contribution is 8.06. The monoisotopic (exact) mass is 619 g/mol. The van der Waals surface area contributed by atoms with Gasteiger partial charge in [-0.3, -0.25) is 14.3 Å². The summed E-state index contributed by atoms with van der Waals surface area (Å²) in [6, 6.07) is 25.1. The van der Waals surface area contributed by atoms with E-state index in [1.807, 2.05) is 78.9 Å². The van der Waals surface area contributed by atoms with E-state index < -0.39 is 36.3 Å². The first-order valence-electron chi connectivity index (χ1n) is 13.4. The van der Waals surface area contributed by atoms with Gasteiger partial charge in [-0.25, -0.2) is 4.98 Å². The predicted molar refractivity (Wildman–Crippen MR) is 160 cm³/mol. The molecule has 2 aliphatic heterocycles. The van der Waals surface area contributed by atoms with Gasteiger partial charge in [0.2, 0.25) is 5.95 Å². The van der Waals surface area contributed by atoms with Crippen LogP contribution in [-0.4, -0.2) is 48.1 Å². The number of H-pyrrole nitrogens is 1. The van der Waals surface area contributed by atoms with E-state index >= 15 is 0 Å². The average molecular weight is 620 g/mol. The predicted octanol–water partition coefficient (Wildman–Crippen LogP) is 3.70. The summed E-state index contributed by atoms with van der Waals surface area (Å²) < 4.78 is 26.7. The molecule has 3 atom stereocenters. The van der Waals surface area contributed by atoms with E-state index in [0.29, 0.717) is 11.5 Å². The van der Waals surface area contributed by atoms with Gasteiger partial charge in [0.25, 0.3) is 5.56 Å². The molecule has 0 bridgehead atoms. The molecule has 5 aromatic rings. The fourth-order valence-corrected chi connectivity index (χ4v) is 6.75. The first-order valence-corrected chi connectivity index (χ1v) is 16.0. The summed E-state index contributed by atoms with van der Waals surface area (Å²) in [5.41, 5.74) is 6.93. The lowest BCUT2D eigenvalue weighted by atomic mass is 9.77. The number of rotatable bonds is 7. The van der Waals surface area contributed by atoms with Crippen LogP contribution in [-0.2, 0) is 31.4 Å². The highest BCUT2D eigenvalue weighted by Crippen LogP contribution is 2.53. The van der Waals surface area contributed by atoms with Gasteiger partial charge in [-0.2, -0.15) is 4.98 Å². The zero-order valence-electron chi connectivity index (χ0n) is 22.4. The Hall–Kier alpha value is -3.94.